The molecular formula is C11H15IN+. The zero-order chi connectivity index (χ0) is 9.10. The van der Waals surface area contributed by atoms with Gasteiger partial charge in [0.2, 0.25) is 0 Å². The van der Waals surface area contributed by atoms with Crippen LogP contribution in [-0.4, -0.2) is 6.54 Å². The molecule has 1 fully saturated rings. The average molecular weight is 288 g/mol. The van der Waals surface area contributed by atoms with E-state index in [1.807, 2.05) is 0 Å². The summed E-state index contributed by atoms with van der Waals surface area (Å²) in [5.74, 6) is 0. The van der Waals surface area contributed by atoms with Gasteiger partial charge in [0, 0.05) is 15.6 Å². The van der Waals surface area contributed by atoms with Gasteiger partial charge in [0.25, 0.3) is 0 Å². The van der Waals surface area contributed by atoms with Gasteiger partial charge in [-0.05, 0) is 47.6 Å². The van der Waals surface area contributed by atoms with Crippen molar-refractivity contribution in [2.75, 3.05) is 6.54 Å². The fraction of sp³-hybridized carbons (Fsp3) is 0.455. The monoisotopic (exact) mass is 288 g/mol. The predicted octanol–water partition coefficient (Wildman–Crippen LogP) is 2.08. The summed E-state index contributed by atoms with van der Waals surface area (Å²) in [6.07, 6.45) is 4.13. The third-order valence-corrected chi connectivity index (χ3v) is 3.37. The second-order valence-electron chi connectivity index (χ2n) is 3.68. The molecule has 0 bridgehead atoms. The summed E-state index contributed by atoms with van der Waals surface area (Å²) in [5.41, 5.74) is 1.51. The second kappa shape index (κ2) is 4.42. The minimum absolute atomic E-state index is 0.725. The largest absolute Gasteiger partial charge is 0.340 e. The first kappa shape index (κ1) is 9.46. The molecule has 70 valence electrons. The Hall–Kier alpha value is -0.0900. The lowest BCUT2D eigenvalue weighted by atomic mass is 9.98. The summed E-state index contributed by atoms with van der Waals surface area (Å²) < 4.78 is 1.36. The molecule has 0 aromatic heterocycles. The van der Waals surface area contributed by atoms with Gasteiger partial charge in [-0.2, -0.15) is 0 Å². The van der Waals surface area contributed by atoms with Crippen LogP contribution in [0.1, 0.15) is 30.9 Å². The van der Waals surface area contributed by atoms with Crippen molar-refractivity contribution in [3.05, 3.63) is 33.4 Å². The molecule has 2 heteroatoms. The maximum Gasteiger partial charge on any atom is 0.112 e. The number of halogens is 1. The lowest BCUT2D eigenvalue weighted by Crippen LogP contribution is -2.86. The molecule has 0 saturated carbocycles. The molecular weight excluding hydrogens is 273 g/mol. The van der Waals surface area contributed by atoms with Gasteiger partial charge in [0.1, 0.15) is 6.04 Å². The van der Waals surface area contributed by atoms with Crippen LogP contribution in [0.15, 0.2) is 24.3 Å². The fourth-order valence-corrected chi connectivity index (χ4v) is 2.55. The molecule has 1 aliphatic rings. The fourth-order valence-electron chi connectivity index (χ4n) is 1.99. The molecule has 13 heavy (non-hydrogen) atoms. The van der Waals surface area contributed by atoms with E-state index in [1.54, 1.807) is 0 Å². The SMILES string of the molecule is Ic1cccc([C@H]2CCCC[NH2+]2)c1. The summed E-state index contributed by atoms with van der Waals surface area (Å²) in [7, 11) is 0. The molecule has 1 aromatic carbocycles. The molecule has 1 aliphatic heterocycles. The highest BCUT2D eigenvalue weighted by Crippen LogP contribution is 2.19. The number of benzene rings is 1. The van der Waals surface area contributed by atoms with Crippen LogP contribution in [0.3, 0.4) is 0 Å². The highest BCUT2D eigenvalue weighted by atomic mass is 127. The third-order valence-electron chi connectivity index (χ3n) is 2.70. The van der Waals surface area contributed by atoms with Gasteiger partial charge in [-0.15, -0.1) is 0 Å². The molecule has 1 nitrogen and oxygen atoms in total. The molecule has 1 aromatic rings. The van der Waals surface area contributed by atoms with Crippen molar-refractivity contribution in [1.29, 1.82) is 0 Å². The van der Waals surface area contributed by atoms with Crippen molar-refractivity contribution in [3.8, 4) is 0 Å². The zero-order valence-electron chi connectivity index (χ0n) is 7.67. The van der Waals surface area contributed by atoms with Crippen LogP contribution in [0.4, 0.5) is 0 Å². The van der Waals surface area contributed by atoms with E-state index in [9.17, 15) is 0 Å². The van der Waals surface area contributed by atoms with E-state index in [1.165, 1.54) is 34.9 Å². The molecule has 2 rings (SSSR count). The van der Waals surface area contributed by atoms with Crippen molar-refractivity contribution in [2.45, 2.75) is 25.3 Å². The molecule has 0 radical (unpaired) electrons. The number of quaternary nitrogens is 1. The van der Waals surface area contributed by atoms with E-state index >= 15 is 0 Å². The number of piperidine rings is 1. The Morgan fingerprint density at radius 2 is 2.23 bits per heavy atom. The van der Waals surface area contributed by atoms with Crippen molar-refractivity contribution in [2.24, 2.45) is 0 Å². The van der Waals surface area contributed by atoms with Crippen molar-refractivity contribution < 1.29 is 5.32 Å². The first-order valence-electron chi connectivity index (χ1n) is 4.95. The average Bonchev–Trinajstić information content (AvgIpc) is 2.19. The zero-order valence-corrected chi connectivity index (χ0v) is 9.83. The molecule has 2 N–H and O–H groups in total. The van der Waals surface area contributed by atoms with E-state index in [-0.39, 0.29) is 0 Å². The van der Waals surface area contributed by atoms with Crippen LogP contribution >= 0.6 is 22.6 Å². The Morgan fingerprint density at radius 1 is 1.31 bits per heavy atom. The molecule has 1 atom stereocenters. The normalized spacial score (nSPS) is 23.0. The Balaban J connectivity index is 2.14. The first-order chi connectivity index (χ1) is 6.36. The summed E-state index contributed by atoms with van der Waals surface area (Å²) in [6.45, 7) is 1.30. The van der Waals surface area contributed by atoms with Crippen LogP contribution in [-0.2, 0) is 0 Å². The molecule has 1 heterocycles. The van der Waals surface area contributed by atoms with Gasteiger partial charge in [0.05, 0.1) is 6.54 Å². The topological polar surface area (TPSA) is 16.6 Å². The van der Waals surface area contributed by atoms with Gasteiger partial charge < -0.3 is 5.32 Å². The molecule has 1 saturated heterocycles. The minimum atomic E-state index is 0.725. The van der Waals surface area contributed by atoms with Gasteiger partial charge in [-0.25, -0.2) is 0 Å². The van der Waals surface area contributed by atoms with E-state index in [2.05, 4.69) is 52.2 Å². The summed E-state index contributed by atoms with van der Waals surface area (Å²) >= 11 is 2.39. The third kappa shape index (κ3) is 2.44. The summed E-state index contributed by atoms with van der Waals surface area (Å²) in [5, 5.41) is 2.48. The van der Waals surface area contributed by atoms with E-state index < -0.39 is 0 Å². The quantitative estimate of drug-likeness (QED) is 0.762. The van der Waals surface area contributed by atoms with Crippen LogP contribution in [0, 0.1) is 3.57 Å². The van der Waals surface area contributed by atoms with E-state index in [0.717, 1.165) is 6.04 Å². The standard InChI is InChI=1S/C11H14IN/c12-10-5-3-4-9(8-10)11-6-1-2-7-13-11/h3-5,8,11,13H,1-2,6-7H2/p+1/t11-/m1/s1. The molecule has 0 spiro atoms. The van der Waals surface area contributed by atoms with Gasteiger partial charge >= 0.3 is 0 Å². The van der Waals surface area contributed by atoms with Crippen LogP contribution in [0.25, 0.3) is 0 Å². The highest BCUT2D eigenvalue weighted by molar-refractivity contribution is 14.1. The smallest absolute Gasteiger partial charge is 0.112 e. The Kier molecular flexibility index (Phi) is 3.22. The van der Waals surface area contributed by atoms with Crippen molar-refractivity contribution in [3.63, 3.8) is 0 Å². The Labute approximate surface area is 93.1 Å². The second-order valence-corrected chi connectivity index (χ2v) is 4.93. The first-order valence-corrected chi connectivity index (χ1v) is 6.03. The lowest BCUT2D eigenvalue weighted by Gasteiger charge is -2.20. The van der Waals surface area contributed by atoms with Gasteiger partial charge in [-0.3, -0.25) is 0 Å². The number of rotatable bonds is 1. The van der Waals surface area contributed by atoms with Crippen molar-refractivity contribution in [1.82, 2.24) is 0 Å². The lowest BCUT2D eigenvalue weighted by molar-refractivity contribution is -0.704. The predicted molar refractivity (Wildman–Crippen MR) is 62.5 cm³/mol. The molecule has 0 unspecified atom stereocenters. The van der Waals surface area contributed by atoms with E-state index in [4.69, 9.17) is 0 Å². The summed E-state index contributed by atoms with van der Waals surface area (Å²) in [6, 6.07) is 9.62. The number of nitrogens with two attached hydrogens (primary N) is 1. The summed E-state index contributed by atoms with van der Waals surface area (Å²) in [4.78, 5) is 0. The minimum Gasteiger partial charge on any atom is -0.340 e. The maximum atomic E-state index is 2.48. The Bertz CT molecular complexity index is 279. The number of hydrogen-bond donors (Lipinski definition) is 1. The molecule has 0 amide bonds. The van der Waals surface area contributed by atoms with Gasteiger partial charge in [-0.1, -0.05) is 12.1 Å². The highest BCUT2D eigenvalue weighted by Gasteiger charge is 2.17. The van der Waals surface area contributed by atoms with Crippen molar-refractivity contribution >= 4 is 22.6 Å². The number of hydrogen-bond acceptors (Lipinski definition) is 0. The molecule has 0 aliphatic carbocycles. The van der Waals surface area contributed by atoms with E-state index in [0.29, 0.717) is 0 Å². The maximum absolute atomic E-state index is 2.48. The van der Waals surface area contributed by atoms with Crippen LogP contribution < -0.4 is 5.32 Å². The van der Waals surface area contributed by atoms with Gasteiger partial charge in [0.15, 0.2) is 0 Å². The van der Waals surface area contributed by atoms with Crippen LogP contribution in [0.5, 0.6) is 0 Å². The Morgan fingerprint density at radius 3 is 2.92 bits per heavy atom. The van der Waals surface area contributed by atoms with Crippen LogP contribution in [0.2, 0.25) is 0 Å².